The van der Waals surface area contributed by atoms with Gasteiger partial charge >= 0.3 is 0 Å². The van der Waals surface area contributed by atoms with Crippen LogP contribution in [0.25, 0.3) is 0 Å². The molecule has 1 fully saturated rings. The molecule has 112 valence electrons. The van der Waals surface area contributed by atoms with E-state index in [2.05, 4.69) is 44.5 Å². The second-order valence-corrected chi connectivity index (χ2v) is 6.61. The summed E-state index contributed by atoms with van der Waals surface area (Å²) in [6.45, 7) is 7.06. The van der Waals surface area contributed by atoms with Gasteiger partial charge in [0.15, 0.2) is 0 Å². The predicted octanol–water partition coefficient (Wildman–Crippen LogP) is 2.87. The van der Waals surface area contributed by atoms with E-state index >= 15 is 0 Å². The molecular formula is C14H23BrN4S. The summed E-state index contributed by atoms with van der Waals surface area (Å²) in [5.41, 5.74) is 8.07. The number of halogens is 1. The molecule has 4 nitrogen and oxygen atoms in total. The van der Waals surface area contributed by atoms with Crippen LogP contribution < -0.4 is 5.73 Å². The minimum absolute atomic E-state index is 0.605. The lowest BCUT2D eigenvalue weighted by Gasteiger charge is -2.22. The van der Waals surface area contributed by atoms with Crippen LogP contribution in [-0.4, -0.2) is 32.3 Å². The van der Waals surface area contributed by atoms with Crippen molar-refractivity contribution < 1.29 is 0 Å². The zero-order valence-electron chi connectivity index (χ0n) is 12.2. The number of aryl methyl sites for hydroxylation is 2. The molecule has 0 amide bonds. The molecule has 6 heteroatoms. The van der Waals surface area contributed by atoms with Gasteiger partial charge in [-0.15, -0.1) is 0 Å². The van der Waals surface area contributed by atoms with Crippen molar-refractivity contribution in [1.82, 2.24) is 14.7 Å². The van der Waals surface area contributed by atoms with Crippen molar-refractivity contribution in [1.29, 1.82) is 0 Å². The monoisotopic (exact) mass is 358 g/mol. The summed E-state index contributed by atoms with van der Waals surface area (Å²) in [5, 5.41) is 4.67. The highest BCUT2D eigenvalue weighted by atomic mass is 79.9. The average molecular weight is 359 g/mol. The third kappa shape index (κ3) is 3.80. The third-order valence-electron chi connectivity index (χ3n) is 3.76. The van der Waals surface area contributed by atoms with Gasteiger partial charge in [0, 0.05) is 32.1 Å². The maximum atomic E-state index is 5.64. The Morgan fingerprint density at radius 3 is 2.70 bits per heavy atom. The van der Waals surface area contributed by atoms with Crippen LogP contribution in [0.5, 0.6) is 0 Å². The maximum Gasteiger partial charge on any atom is 0.0767 e. The zero-order chi connectivity index (χ0) is 14.7. The highest BCUT2D eigenvalue weighted by Crippen LogP contribution is 2.31. The van der Waals surface area contributed by atoms with Gasteiger partial charge in [-0.2, -0.15) is 5.10 Å². The van der Waals surface area contributed by atoms with Gasteiger partial charge < -0.3 is 5.73 Å². The molecule has 2 rings (SSSR count). The van der Waals surface area contributed by atoms with Crippen molar-refractivity contribution >= 4 is 33.1 Å². The van der Waals surface area contributed by atoms with E-state index in [0.29, 0.717) is 11.0 Å². The van der Waals surface area contributed by atoms with Gasteiger partial charge in [0.1, 0.15) is 0 Å². The molecule has 1 aromatic heterocycles. The number of aromatic nitrogens is 2. The van der Waals surface area contributed by atoms with Gasteiger partial charge in [-0.05, 0) is 42.1 Å². The van der Waals surface area contributed by atoms with Crippen molar-refractivity contribution in [3.05, 3.63) is 15.9 Å². The van der Waals surface area contributed by atoms with Crippen molar-refractivity contribution in [3.63, 3.8) is 0 Å². The smallest absolute Gasteiger partial charge is 0.0767 e. The van der Waals surface area contributed by atoms with E-state index in [-0.39, 0.29) is 0 Å². The van der Waals surface area contributed by atoms with Crippen molar-refractivity contribution in [2.24, 2.45) is 5.73 Å². The fourth-order valence-corrected chi connectivity index (χ4v) is 3.23. The van der Waals surface area contributed by atoms with Crippen molar-refractivity contribution in [2.75, 3.05) is 6.54 Å². The van der Waals surface area contributed by atoms with E-state index < -0.39 is 0 Å². The van der Waals surface area contributed by atoms with Crippen LogP contribution >= 0.6 is 28.1 Å². The topological polar surface area (TPSA) is 47.1 Å². The minimum atomic E-state index is 0.605. The molecular weight excluding hydrogens is 336 g/mol. The van der Waals surface area contributed by atoms with E-state index in [1.165, 1.54) is 23.0 Å². The molecule has 0 spiro atoms. The first-order chi connectivity index (χ1) is 9.56. The number of thiocarbonyl (C=S) groups is 1. The highest BCUT2D eigenvalue weighted by Gasteiger charge is 2.30. The van der Waals surface area contributed by atoms with E-state index in [4.69, 9.17) is 18.0 Å². The molecule has 2 N–H and O–H groups in total. The highest BCUT2D eigenvalue weighted by molar-refractivity contribution is 9.10. The number of rotatable bonds is 8. The van der Waals surface area contributed by atoms with Crippen LogP contribution in [-0.2, 0) is 19.5 Å². The van der Waals surface area contributed by atoms with Crippen LogP contribution in [0.2, 0.25) is 0 Å². The summed E-state index contributed by atoms with van der Waals surface area (Å²) < 4.78 is 3.28. The Hall–Kier alpha value is -0.460. The van der Waals surface area contributed by atoms with Crippen LogP contribution in [0.1, 0.15) is 44.5 Å². The van der Waals surface area contributed by atoms with Gasteiger partial charge in [0.25, 0.3) is 0 Å². The average Bonchev–Trinajstić information content (AvgIpc) is 3.21. The molecule has 0 unspecified atom stereocenters. The van der Waals surface area contributed by atoms with Gasteiger partial charge in [0.05, 0.1) is 20.8 Å². The number of hydrogen-bond donors (Lipinski definition) is 1. The predicted molar refractivity (Wildman–Crippen MR) is 89.8 cm³/mol. The van der Waals surface area contributed by atoms with E-state index in [9.17, 15) is 0 Å². The number of nitrogens with zero attached hydrogens (tertiary/aromatic N) is 3. The molecule has 0 aromatic carbocycles. The summed E-state index contributed by atoms with van der Waals surface area (Å²) in [6, 6.07) is 0.696. The Labute approximate surface area is 134 Å². The Kier molecular flexibility index (Phi) is 5.57. The fourth-order valence-electron chi connectivity index (χ4n) is 2.44. The molecule has 0 radical (unpaired) electrons. The van der Waals surface area contributed by atoms with Crippen LogP contribution in [0.15, 0.2) is 4.47 Å². The number of hydrogen-bond acceptors (Lipinski definition) is 3. The Balaban J connectivity index is 2.13. The van der Waals surface area contributed by atoms with E-state index in [0.717, 1.165) is 38.2 Å². The van der Waals surface area contributed by atoms with E-state index in [1.54, 1.807) is 0 Å². The Morgan fingerprint density at radius 1 is 1.50 bits per heavy atom. The number of nitrogens with two attached hydrogens (primary N) is 1. The lowest BCUT2D eigenvalue weighted by molar-refractivity contribution is 0.254. The van der Waals surface area contributed by atoms with E-state index in [1.807, 2.05) is 0 Å². The minimum Gasteiger partial charge on any atom is -0.393 e. The van der Waals surface area contributed by atoms with Gasteiger partial charge in [-0.3, -0.25) is 9.58 Å². The first kappa shape index (κ1) is 15.9. The lowest BCUT2D eigenvalue weighted by atomic mass is 10.2. The Morgan fingerprint density at radius 2 is 2.20 bits per heavy atom. The second-order valence-electron chi connectivity index (χ2n) is 5.29. The largest absolute Gasteiger partial charge is 0.393 e. The summed E-state index contributed by atoms with van der Waals surface area (Å²) >= 11 is 8.73. The molecule has 1 saturated carbocycles. The summed E-state index contributed by atoms with van der Waals surface area (Å²) in [6.07, 6.45) is 4.33. The molecule has 0 aliphatic heterocycles. The van der Waals surface area contributed by atoms with Crippen molar-refractivity contribution in [3.8, 4) is 0 Å². The standard InChI is InChI=1S/C14H23BrN4S/c1-3-11-14(15)12(19(4-2)17-11)9-18(10-5-6-10)8-7-13(16)20/h10H,3-9H2,1-2H3,(H2,16,20). The third-order valence-corrected chi connectivity index (χ3v) is 4.88. The molecule has 0 atom stereocenters. The van der Waals surface area contributed by atoms with Crippen LogP contribution in [0, 0.1) is 0 Å². The molecule has 1 aliphatic carbocycles. The molecule has 0 bridgehead atoms. The van der Waals surface area contributed by atoms with Crippen LogP contribution in [0.4, 0.5) is 0 Å². The summed E-state index contributed by atoms with van der Waals surface area (Å²) in [4.78, 5) is 3.10. The maximum absolute atomic E-state index is 5.64. The van der Waals surface area contributed by atoms with Crippen LogP contribution in [0.3, 0.4) is 0 Å². The van der Waals surface area contributed by atoms with Gasteiger partial charge in [-0.1, -0.05) is 19.1 Å². The van der Waals surface area contributed by atoms with Gasteiger partial charge in [-0.25, -0.2) is 0 Å². The SMILES string of the molecule is CCc1nn(CC)c(CN(CCC(N)=S)C2CC2)c1Br. The lowest BCUT2D eigenvalue weighted by Crippen LogP contribution is -2.30. The Bertz CT molecular complexity index is 482. The fraction of sp³-hybridized carbons (Fsp3) is 0.714. The molecule has 20 heavy (non-hydrogen) atoms. The zero-order valence-corrected chi connectivity index (χ0v) is 14.6. The molecule has 0 saturated heterocycles. The first-order valence-corrected chi connectivity index (χ1v) is 8.53. The second kappa shape index (κ2) is 7.00. The van der Waals surface area contributed by atoms with Gasteiger partial charge in [0.2, 0.25) is 0 Å². The summed E-state index contributed by atoms with van der Waals surface area (Å²) in [5.74, 6) is 0. The summed E-state index contributed by atoms with van der Waals surface area (Å²) in [7, 11) is 0. The van der Waals surface area contributed by atoms with Crippen molar-refractivity contribution in [2.45, 2.75) is 58.7 Å². The molecule has 1 aliphatic rings. The molecule has 1 aromatic rings. The first-order valence-electron chi connectivity index (χ1n) is 7.33. The normalized spacial score (nSPS) is 15.0. The quantitative estimate of drug-likeness (QED) is 0.725. The molecule has 1 heterocycles.